The van der Waals surface area contributed by atoms with Crippen LogP contribution in [0.25, 0.3) is 0 Å². The van der Waals surface area contributed by atoms with Crippen molar-refractivity contribution >= 4 is 23.4 Å². The highest BCUT2D eigenvalue weighted by Gasteiger charge is 2.16. The van der Waals surface area contributed by atoms with E-state index in [1.54, 1.807) is 11.8 Å². The van der Waals surface area contributed by atoms with Crippen molar-refractivity contribution in [1.82, 2.24) is 0 Å². The number of hydrogen-bond acceptors (Lipinski definition) is 4. The zero-order valence-electron chi connectivity index (χ0n) is 8.87. The Morgan fingerprint density at radius 3 is 3.12 bits per heavy atom. The average molecular weight is 260 g/mol. The van der Waals surface area contributed by atoms with Crippen LogP contribution in [0.2, 0.25) is 5.02 Å². The van der Waals surface area contributed by atoms with Gasteiger partial charge in [-0.25, -0.2) is 0 Å². The normalized spacial score (nSPS) is 14.4. The summed E-state index contributed by atoms with van der Waals surface area (Å²) < 4.78 is 10.7. The molecule has 0 atom stereocenters. The quantitative estimate of drug-likeness (QED) is 0.844. The molecule has 0 aliphatic carbocycles. The number of halogens is 1. The predicted octanol–water partition coefficient (Wildman–Crippen LogP) is 2.40. The number of benzene rings is 1. The smallest absolute Gasteiger partial charge is 0.189 e. The highest BCUT2D eigenvalue weighted by atomic mass is 35.5. The summed E-state index contributed by atoms with van der Waals surface area (Å²) in [6.45, 7) is 1.59. The van der Waals surface area contributed by atoms with E-state index in [2.05, 4.69) is 0 Å². The molecule has 1 aromatic rings. The first-order valence-corrected chi connectivity index (χ1v) is 6.64. The van der Waals surface area contributed by atoms with Crippen LogP contribution in [0.5, 0.6) is 5.75 Å². The van der Waals surface area contributed by atoms with E-state index in [1.165, 1.54) is 0 Å². The molecule has 1 aliphatic rings. The van der Waals surface area contributed by atoms with Gasteiger partial charge in [0.05, 0.1) is 6.61 Å². The highest BCUT2D eigenvalue weighted by Crippen LogP contribution is 2.33. The molecule has 16 heavy (non-hydrogen) atoms. The van der Waals surface area contributed by atoms with Crippen molar-refractivity contribution in [3.05, 3.63) is 28.3 Å². The van der Waals surface area contributed by atoms with E-state index in [0.29, 0.717) is 19.9 Å². The van der Waals surface area contributed by atoms with Crippen molar-refractivity contribution in [3.8, 4) is 5.75 Å². The Bertz CT molecular complexity index is 373. The van der Waals surface area contributed by atoms with Crippen LogP contribution in [0, 0.1) is 0 Å². The van der Waals surface area contributed by atoms with Crippen LogP contribution in [-0.4, -0.2) is 19.1 Å². The Morgan fingerprint density at radius 2 is 2.31 bits per heavy atom. The molecule has 0 amide bonds. The summed E-state index contributed by atoms with van der Waals surface area (Å²) in [7, 11) is 0. The minimum atomic E-state index is 0.323. The van der Waals surface area contributed by atoms with Gasteiger partial charge in [0.1, 0.15) is 5.75 Å². The molecule has 0 unspecified atom stereocenters. The Balaban J connectivity index is 2.18. The van der Waals surface area contributed by atoms with Gasteiger partial charge in [-0.15, -0.1) is 0 Å². The summed E-state index contributed by atoms with van der Waals surface area (Å²) in [5.41, 5.74) is 7.62. The standard InChI is InChI=1S/C11H14ClNO2S/c12-10-3-8-5-14-7-15-11(8)9(4-10)6-16-2-1-13/h3-4H,1-2,5-7,13H2. The third-order valence-corrected chi connectivity index (χ3v) is 3.53. The lowest BCUT2D eigenvalue weighted by Crippen LogP contribution is -2.13. The number of ether oxygens (including phenoxy) is 2. The number of thioether (sulfide) groups is 1. The monoisotopic (exact) mass is 259 g/mol. The Morgan fingerprint density at radius 1 is 1.44 bits per heavy atom. The molecule has 1 heterocycles. The van der Waals surface area contributed by atoms with Gasteiger partial charge in [-0.3, -0.25) is 0 Å². The van der Waals surface area contributed by atoms with Crippen LogP contribution >= 0.6 is 23.4 Å². The molecule has 2 rings (SSSR count). The zero-order chi connectivity index (χ0) is 11.4. The third-order valence-electron chi connectivity index (χ3n) is 2.27. The van der Waals surface area contributed by atoms with E-state index in [-0.39, 0.29) is 0 Å². The second kappa shape index (κ2) is 5.77. The second-order valence-corrected chi connectivity index (χ2v) is 5.05. The SMILES string of the molecule is NCCSCc1cc(Cl)cc2c1OCOC2. The lowest BCUT2D eigenvalue weighted by Gasteiger charge is -2.21. The van der Waals surface area contributed by atoms with Gasteiger partial charge in [0.15, 0.2) is 6.79 Å². The van der Waals surface area contributed by atoms with Crippen molar-refractivity contribution < 1.29 is 9.47 Å². The molecule has 3 nitrogen and oxygen atoms in total. The first-order chi connectivity index (χ1) is 7.81. The van der Waals surface area contributed by atoms with E-state index in [4.69, 9.17) is 26.8 Å². The summed E-state index contributed by atoms with van der Waals surface area (Å²) in [5, 5.41) is 0.733. The first kappa shape index (κ1) is 12.0. The van der Waals surface area contributed by atoms with Crippen molar-refractivity contribution in [2.75, 3.05) is 19.1 Å². The van der Waals surface area contributed by atoms with Gasteiger partial charge in [-0.2, -0.15) is 11.8 Å². The topological polar surface area (TPSA) is 44.5 Å². The summed E-state index contributed by atoms with van der Waals surface area (Å²) in [6, 6.07) is 3.85. The Kier molecular flexibility index (Phi) is 4.35. The van der Waals surface area contributed by atoms with E-state index in [9.17, 15) is 0 Å². The number of fused-ring (bicyclic) bond motifs is 1. The molecule has 88 valence electrons. The summed E-state index contributed by atoms with van der Waals surface area (Å²) >= 11 is 7.83. The van der Waals surface area contributed by atoms with Gasteiger partial charge >= 0.3 is 0 Å². The Hall–Kier alpha value is -0.420. The lowest BCUT2D eigenvalue weighted by atomic mass is 10.1. The van der Waals surface area contributed by atoms with E-state index >= 15 is 0 Å². The fraction of sp³-hybridized carbons (Fsp3) is 0.455. The molecule has 0 fully saturated rings. The molecule has 1 aliphatic heterocycles. The van der Waals surface area contributed by atoms with Crippen LogP contribution in [-0.2, 0) is 17.1 Å². The average Bonchev–Trinajstić information content (AvgIpc) is 2.29. The maximum Gasteiger partial charge on any atom is 0.189 e. The fourth-order valence-electron chi connectivity index (χ4n) is 1.63. The van der Waals surface area contributed by atoms with Crippen molar-refractivity contribution in [2.45, 2.75) is 12.4 Å². The van der Waals surface area contributed by atoms with E-state index < -0.39 is 0 Å². The molecule has 0 bridgehead atoms. The number of hydrogen-bond donors (Lipinski definition) is 1. The fourth-order valence-corrected chi connectivity index (χ4v) is 2.64. The van der Waals surface area contributed by atoms with Crippen LogP contribution in [0.15, 0.2) is 12.1 Å². The second-order valence-electron chi connectivity index (χ2n) is 3.51. The minimum absolute atomic E-state index is 0.323. The zero-order valence-corrected chi connectivity index (χ0v) is 10.4. The molecule has 2 N–H and O–H groups in total. The van der Waals surface area contributed by atoms with Gasteiger partial charge in [0.2, 0.25) is 0 Å². The van der Waals surface area contributed by atoms with E-state index in [0.717, 1.165) is 33.4 Å². The molecule has 1 aromatic carbocycles. The number of nitrogens with two attached hydrogens (primary N) is 1. The van der Waals surface area contributed by atoms with Crippen LogP contribution in [0.3, 0.4) is 0 Å². The van der Waals surface area contributed by atoms with Gasteiger partial charge in [-0.05, 0) is 12.1 Å². The number of rotatable bonds is 4. The summed E-state index contributed by atoms with van der Waals surface area (Å²) in [6.07, 6.45) is 0. The van der Waals surface area contributed by atoms with E-state index in [1.807, 2.05) is 12.1 Å². The lowest BCUT2D eigenvalue weighted by molar-refractivity contribution is -0.0168. The maximum absolute atomic E-state index is 6.05. The molecule has 0 spiro atoms. The molecule has 0 aromatic heterocycles. The maximum atomic E-state index is 6.05. The molecular formula is C11H14ClNO2S. The van der Waals surface area contributed by atoms with Crippen molar-refractivity contribution in [2.24, 2.45) is 5.73 Å². The van der Waals surface area contributed by atoms with Crippen LogP contribution in [0.4, 0.5) is 0 Å². The minimum Gasteiger partial charge on any atom is -0.467 e. The van der Waals surface area contributed by atoms with Crippen LogP contribution < -0.4 is 10.5 Å². The Labute approximate surface area is 104 Å². The molecule has 0 saturated heterocycles. The molecule has 0 saturated carbocycles. The highest BCUT2D eigenvalue weighted by molar-refractivity contribution is 7.98. The summed E-state index contributed by atoms with van der Waals surface area (Å²) in [4.78, 5) is 0. The summed E-state index contributed by atoms with van der Waals surface area (Å²) in [5.74, 6) is 2.75. The predicted molar refractivity (Wildman–Crippen MR) is 67.0 cm³/mol. The van der Waals surface area contributed by atoms with Crippen molar-refractivity contribution in [1.29, 1.82) is 0 Å². The molecule has 5 heteroatoms. The third kappa shape index (κ3) is 2.83. The molecular weight excluding hydrogens is 246 g/mol. The van der Waals surface area contributed by atoms with Gasteiger partial charge in [0, 0.05) is 34.2 Å². The largest absolute Gasteiger partial charge is 0.467 e. The molecule has 0 radical (unpaired) electrons. The first-order valence-electron chi connectivity index (χ1n) is 5.11. The van der Waals surface area contributed by atoms with Crippen molar-refractivity contribution in [3.63, 3.8) is 0 Å². The van der Waals surface area contributed by atoms with Gasteiger partial charge in [-0.1, -0.05) is 11.6 Å². The van der Waals surface area contributed by atoms with Gasteiger partial charge in [0.25, 0.3) is 0 Å². The van der Waals surface area contributed by atoms with Gasteiger partial charge < -0.3 is 15.2 Å². The van der Waals surface area contributed by atoms with Crippen LogP contribution in [0.1, 0.15) is 11.1 Å².